The van der Waals surface area contributed by atoms with Crippen molar-refractivity contribution >= 4 is 5.69 Å². The molecule has 1 unspecified atom stereocenters. The maximum absolute atomic E-state index is 10.7. The third kappa shape index (κ3) is 1.28. The van der Waals surface area contributed by atoms with Crippen LogP contribution in [0.5, 0.6) is 0 Å². The molecule has 0 saturated heterocycles. The molecule has 1 aromatic carbocycles. The van der Waals surface area contributed by atoms with Gasteiger partial charge in [-0.3, -0.25) is 10.1 Å². The first kappa shape index (κ1) is 9.15. The summed E-state index contributed by atoms with van der Waals surface area (Å²) in [4.78, 5) is 10.3. The van der Waals surface area contributed by atoms with E-state index in [2.05, 4.69) is 0 Å². The van der Waals surface area contributed by atoms with E-state index in [0.29, 0.717) is 12.0 Å². The molecule has 0 bridgehead atoms. The molecule has 0 heterocycles. The van der Waals surface area contributed by atoms with Crippen LogP contribution in [0.1, 0.15) is 29.2 Å². The van der Waals surface area contributed by atoms with Crippen molar-refractivity contribution in [2.24, 2.45) is 0 Å². The molecule has 0 radical (unpaired) electrons. The molecule has 0 aromatic heterocycles. The maximum atomic E-state index is 10.7. The van der Waals surface area contributed by atoms with Gasteiger partial charge in [-0.05, 0) is 37.0 Å². The van der Waals surface area contributed by atoms with Gasteiger partial charge in [0.15, 0.2) is 0 Å². The molecular weight excluding hydrogens is 182 g/mol. The van der Waals surface area contributed by atoms with Crippen LogP contribution in [-0.4, -0.2) is 10.0 Å². The van der Waals surface area contributed by atoms with Crippen LogP contribution in [-0.2, 0) is 6.42 Å². The number of aliphatic hydroxyl groups excluding tert-OH is 1. The monoisotopic (exact) mass is 193 g/mol. The van der Waals surface area contributed by atoms with Crippen molar-refractivity contribution in [3.63, 3.8) is 0 Å². The standard InChI is InChI=1S/C10H11NO3/c1-6-4-7-2-3-10(12)8(7)5-9(6)11(13)14/h4-5,10,12H,2-3H2,1H3. The second kappa shape index (κ2) is 3.06. The van der Waals surface area contributed by atoms with E-state index in [4.69, 9.17) is 0 Å². The van der Waals surface area contributed by atoms with Gasteiger partial charge in [-0.25, -0.2) is 0 Å². The molecule has 1 aliphatic carbocycles. The first-order valence-corrected chi connectivity index (χ1v) is 4.55. The second-order valence-electron chi connectivity index (χ2n) is 3.65. The van der Waals surface area contributed by atoms with Crippen LogP contribution in [0.2, 0.25) is 0 Å². The number of hydrogen-bond donors (Lipinski definition) is 1. The van der Waals surface area contributed by atoms with Gasteiger partial charge in [0.1, 0.15) is 0 Å². The minimum absolute atomic E-state index is 0.102. The predicted octanol–water partition coefficient (Wildman–Crippen LogP) is 1.88. The highest BCUT2D eigenvalue weighted by atomic mass is 16.6. The highest BCUT2D eigenvalue weighted by molar-refractivity contribution is 5.49. The molecule has 4 nitrogen and oxygen atoms in total. The molecule has 0 fully saturated rings. The summed E-state index contributed by atoms with van der Waals surface area (Å²) < 4.78 is 0. The van der Waals surface area contributed by atoms with Gasteiger partial charge in [0.25, 0.3) is 5.69 Å². The van der Waals surface area contributed by atoms with Gasteiger partial charge in [0.2, 0.25) is 0 Å². The summed E-state index contributed by atoms with van der Waals surface area (Å²) in [7, 11) is 0. The van der Waals surface area contributed by atoms with Gasteiger partial charge in [0.05, 0.1) is 11.0 Å². The molecule has 1 aliphatic rings. The van der Waals surface area contributed by atoms with Gasteiger partial charge in [0, 0.05) is 11.6 Å². The van der Waals surface area contributed by atoms with Crippen LogP contribution in [0.3, 0.4) is 0 Å². The van der Waals surface area contributed by atoms with E-state index in [1.807, 2.05) is 6.07 Å². The number of hydrogen-bond acceptors (Lipinski definition) is 3. The second-order valence-corrected chi connectivity index (χ2v) is 3.65. The quantitative estimate of drug-likeness (QED) is 0.547. The maximum Gasteiger partial charge on any atom is 0.272 e. The summed E-state index contributed by atoms with van der Waals surface area (Å²) in [5, 5.41) is 20.2. The van der Waals surface area contributed by atoms with Crippen molar-refractivity contribution in [3.05, 3.63) is 38.9 Å². The lowest BCUT2D eigenvalue weighted by Gasteiger charge is -2.05. The molecule has 0 amide bonds. The summed E-state index contributed by atoms with van der Waals surface area (Å²) in [5.41, 5.74) is 2.54. The molecule has 0 saturated carbocycles. The Morgan fingerprint density at radius 2 is 2.29 bits per heavy atom. The third-order valence-electron chi connectivity index (χ3n) is 2.70. The Morgan fingerprint density at radius 3 is 2.93 bits per heavy atom. The van der Waals surface area contributed by atoms with Gasteiger partial charge in [-0.1, -0.05) is 0 Å². The van der Waals surface area contributed by atoms with Crippen molar-refractivity contribution in [2.75, 3.05) is 0 Å². The normalized spacial score (nSPS) is 19.4. The molecule has 2 rings (SSSR count). The lowest BCUT2D eigenvalue weighted by atomic mass is 10.0. The van der Waals surface area contributed by atoms with Crippen molar-refractivity contribution < 1.29 is 10.0 Å². The van der Waals surface area contributed by atoms with E-state index in [1.54, 1.807) is 6.92 Å². The average molecular weight is 193 g/mol. The summed E-state index contributed by atoms with van der Waals surface area (Å²) >= 11 is 0. The summed E-state index contributed by atoms with van der Waals surface area (Å²) in [6, 6.07) is 3.31. The Kier molecular flexibility index (Phi) is 2.00. The Bertz CT molecular complexity index is 401. The highest BCUT2D eigenvalue weighted by Crippen LogP contribution is 2.35. The van der Waals surface area contributed by atoms with Crippen molar-refractivity contribution in [1.29, 1.82) is 0 Å². The fourth-order valence-electron chi connectivity index (χ4n) is 1.94. The summed E-state index contributed by atoms with van der Waals surface area (Å²) in [6.45, 7) is 1.73. The van der Waals surface area contributed by atoms with Gasteiger partial charge in [-0.2, -0.15) is 0 Å². The van der Waals surface area contributed by atoms with Crippen molar-refractivity contribution in [3.8, 4) is 0 Å². The lowest BCUT2D eigenvalue weighted by Crippen LogP contribution is -1.96. The summed E-state index contributed by atoms with van der Waals surface area (Å²) in [6.07, 6.45) is 0.968. The zero-order chi connectivity index (χ0) is 10.3. The number of nitro groups is 1. The Morgan fingerprint density at radius 1 is 1.57 bits per heavy atom. The Hall–Kier alpha value is -1.42. The summed E-state index contributed by atoms with van der Waals surface area (Å²) in [5.74, 6) is 0. The molecule has 0 spiro atoms. The van der Waals surface area contributed by atoms with E-state index in [0.717, 1.165) is 17.5 Å². The van der Waals surface area contributed by atoms with Crippen LogP contribution in [0, 0.1) is 17.0 Å². The number of aryl methyl sites for hydroxylation is 2. The van der Waals surface area contributed by atoms with Crippen LogP contribution < -0.4 is 0 Å². The Labute approximate surface area is 81.3 Å². The molecule has 74 valence electrons. The predicted molar refractivity (Wildman–Crippen MR) is 51.1 cm³/mol. The fraction of sp³-hybridized carbons (Fsp3) is 0.400. The van der Waals surface area contributed by atoms with Crippen LogP contribution in [0.15, 0.2) is 12.1 Å². The number of nitro benzene ring substituents is 1. The van der Waals surface area contributed by atoms with E-state index in [9.17, 15) is 15.2 Å². The molecule has 1 atom stereocenters. The topological polar surface area (TPSA) is 63.4 Å². The zero-order valence-corrected chi connectivity index (χ0v) is 7.86. The van der Waals surface area contributed by atoms with Crippen LogP contribution in [0.4, 0.5) is 5.69 Å². The van der Waals surface area contributed by atoms with E-state index in [-0.39, 0.29) is 5.69 Å². The average Bonchev–Trinajstić information content (AvgIpc) is 2.46. The molecule has 0 aliphatic heterocycles. The van der Waals surface area contributed by atoms with Crippen LogP contribution >= 0.6 is 0 Å². The SMILES string of the molecule is Cc1cc2c(cc1[N+](=O)[O-])C(O)CC2. The number of aliphatic hydroxyl groups is 1. The third-order valence-corrected chi connectivity index (χ3v) is 2.70. The first-order valence-electron chi connectivity index (χ1n) is 4.55. The number of fused-ring (bicyclic) bond motifs is 1. The lowest BCUT2D eigenvalue weighted by molar-refractivity contribution is -0.385. The Balaban J connectivity index is 2.57. The van der Waals surface area contributed by atoms with Gasteiger partial charge < -0.3 is 5.11 Å². The number of nitrogens with zero attached hydrogens (tertiary/aromatic N) is 1. The molecule has 1 N–H and O–H groups in total. The highest BCUT2D eigenvalue weighted by Gasteiger charge is 2.24. The first-order chi connectivity index (χ1) is 6.59. The number of benzene rings is 1. The fourth-order valence-corrected chi connectivity index (χ4v) is 1.94. The molecule has 4 heteroatoms. The van der Waals surface area contributed by atoms with E-state index in [1.165, 1.54) is 6.07 Å². The largest absolute Gasteiger partial charge is 0.388 e. The zero-order valence-electron chi connectivity index (χ0n) is 7.86. The van der Waals surface area contributed by atoms with Gasteiger partial charge in [-0.15, -0.1) is 0 Å². The van der Waals surface area contributed by atoms with Crippen molar-refractivity contribution in [2.45, 2.75) is 25.9 Å². The minimum atomic E-state index is -0.524. The van der Waals surface area contributed by atoms with Gasteiger partial charge >= 0.3 is 0 Å². The molecule has 14 heavy (non-hydrogen) atoms. The van der Waals surface area contributed by atoms with Crippen molar-refractivity contribution in [1.82, 2.24) is 0 Å². The smallest absolute Gasteiger partial charge is 0.272 e. The van der Waals surface area contributed by atoms with E-state index >= 15 is 0 Å². The van der Waals surface area contributed by atoms with Crippen LogP contribution in [0.25, 0.3) is 0 Å². The minimum Gasteiger partial charge on any atom is -0.388 e. The molecular formula is C10H11NO3. The number of rotatable bonds is 1. The molecule has 1 aromatic rings. The van der Waals surface area contributed by atoms with E-state index < -0.39 is 11.0 Å².